The van der Waals surface area contributed by atoms with E-state index in [1.54, 1.807) is 21.6 Å². The normalized spacial score (nSPS) is 17.2. The van der Waals surface area contributed by atoms with Crippen LogP contribution in [0.2, 0.25) is 0 Å². The van der Waals surface area contributed by atoms with Crippen molar-refractivity contribution in [3.8, 4) is 0 Å². The third-order valence-corrected chi connectivity index (χ3v) is 5.20. The monoisotopic (exact) mass is 383 g/mol. The molecule has 1 fully saturated rings. The number of amides is 1. The van der Waals surface area contributed by atoms with Gasteiger partial charge < -0.3 is 9.64 Å². The molecule has 1 aliphatic heterocycles. The van der Waals surface area contributed by atoms with Gasteiger partial charge in [0.1, 0.15) is 18.5 Å². The smallest absolute Gasteiger partial charge is 0.329 e. The van der Waals surface area contributed by atoms with Crippen LogP contribution in [-0.4, -0.2) is 39.6 Å². The summed E-state index contributed by atoms with van der Waals surface area (Å²) in [7, 11) is 0. The average Bonchev–Trinajstić information content (AvgIpc) is 2.99. The lowest BCUT2D eigenvalue weighted by Gasteiger charge is -2.33. The summed E-state index contributed by atoms with van der Waals surface area (Å²) in [5, 5.41) is 0. The molecule has 0 aliphatic carbocycles. The van der Waals surface area contributed by atoms with Crippen molar-refractivity contribution >= 4 is 16.9 Å². The summed E-state index contributed by atoms with van der Waals surface area (Å²) in [6.45, 7) is 3.70. The topological polar surface area (TPSA) is 56.5 Å². The van der Waals surface area contributed by atoms with Gasteiger partial charge in [-0.05, 0) is 36.8 Å². The number of fused-ring (bicyclic) bond motifs is 1. The van der Waals surface area contributed by atoms with E-state index in [1.807, 2.05) is 31.2 Å². The van der Waals surface area contributed by atoms with Gasteiger partial charge in [0.25, 0.3) is 0 Å². The highest BCUT2D eigenvalue weighted by Gasteiger charge is 2.26. The van der Waals surface area contributed by atoms with Crippen LogP contribution in [-0.2, 0) is 22.6 Å². The number of para-hydroxylation sites is 2. The van der Waals surface area contributed by atoms with Crippen molar-refractivity contribution in [3.05, 3.63) is 70.4 Å². The molecular weight excluding hydrogens is 361 g/mol. The Labute approximate surface area is 161 Å². The van der Waals surface area contributed by atoms with E-state index >= 15 is 0 Å². The minimum atomic E-state index is -0.306. The van der Waals surface area contributed by atoms with Gasteiger partial charge in [-0.1, -0.05) is 24.3 Å². The maximum atomic E-state index is 13.2. The van der Waals surface area contributed by atoms with Crippen molar-refractivity contribution in [2.75, 3.05) is 19.7 Å². The van der Waals surface area contributed by atoms with Gasteiger partial charge in [0.2, 0.25) is 5.91 Å². The second-order valence-electron chi connectivity index (χ2n) is 6.85. The van der Waals surface area contributed by atoms with Crippen molar-refractivity contribution in [2.24, 2.45) is 0 Å². The van der Waals surface area contributed by atoms with Gasteiger partial charge in [0, 0.05) is 13.1 Å². The first-order valence-electron chi connectivity index (χ1n) is 9.41. The minimum Gasteiger partial charge on any atom is -0.370 e. The highest BCUT2D eigenvalue weighted by Crippen LogP contribution is 2.23. The van der Waals surface area contributed by atoms with Crippen LogP contribution in [0, 0.1) is 5.82 Å². The first-order valence-corrected chi connectivity index (χ1v) is 9.41. The van der Waals surface area contributed by atoms with E-state index in [2.05, 4.69) is 0 Å². The Hall–Kier alpha value is -2.93. The molecule has 0 N–H and O–H groups in total. The van der Waals surface area contributed by atoms with Crippen LogP contribution >= 0.6 is 0 Å². The minimum absolute atomic E-state index is 0.0114. The fraction of sp³-hybridized carbons (Fsp3) is 0.333. The summed E-state index contributed by atoms with van der Waals surface area (Å²) in [5.41, 5.74) is 2.24. The molecule has 0 bridgehead atoms. The number of imidazole rings is 1. The zero-order valence-electron chi connectivity index (χ0n) is 15.7. The van der Waals surface area contributed by atoms with Gasteiger partial charge in [-0.3, -0.25) is 13.9 Å². The molecule has 7 heteroatoms. The average molecular weight is 383 g/mol. The Bertz CT molecular complexity index is 1050. The van der Waals surface area contributed by atoms with E-state index in [9.17, 15) is 14.0 Å². The first kappa shape index (κ1) is 18.4. The third-order valence-electron chi connectivity index (χ3n) is 5.20. The Morgan fingerprint density at radius 3 is 2.46 bits per heavy atom. The van der Waals surface area contributed by atoms with Gasteiger partial charge in [0.15, 0.2) is 0 Å². The Kier molecular flexibility index (Phi) is 5.00. The van der Waals surface area contributed by atoms with Crippen LogP contribution in [0.5, 0.6) is 0 Å². The maximum Gasteiger partial charge on any atom is 0.329 e. The van der Waals surface area contributed by atoms with Crippen molar-refractivity contribution in [3.63, 3.8) is 0 Å². The molecular formula is C21H22FN3O3. The first-order chi connectivity index (χ1) is 13.6. The molecule has 4 rings (SSSR count). The van der Waals surface area contributed by atoms with Crippen molar-refractivity contribution in [1.82, 2.24) is 14.0 Å². The number of rotatable bonds is 4. The summed E-state index contributed by atoms with van der Waals surface area (Å²) in [4.78, 5) is 27.4. The molecule has 1 amide bonds. The highest BCUT2D eigenvalue weighted by molar-refractivity contribution is 5.81. The summed E-state index contributed by atoms with van der Waals surface area (Å²) in [6, 6.07) is 13.6. The number of aryl methyl sites for hydroxylation is 1. The number of nitrogens with zero attached hydrogens (tertiary/aromatic N) is 3. The number of morpholine rings is 1. The Morgan fingerprint density at radius 1 is 1.11 bits per heavy atom. The molecule has 0 radical (unpaired) electrons. The fourth-order valence-electron chi connectivity index (χ4n) is 3.72. The number of hydrogen-bond donors (Lipinski definition) is 0. The molecule has 2 heterocycles. The van der Waals surface area contributed by atoms with Gasteiger partial charge >= 0.3 is 5.69 Å². The number of benzene rings is 2. The van der Waals surface area contributed by atoms with Crippen molar-refractivity contribution in [1.29, 1.82) is 0 Å². The zero-order valence-corrected chi connectivity index (χ0v) is 15.7. The number of halogens is 1. The molecule has 1 aromatic heterocycles. The van der Waals surface area contributed by atoms with Gasteiger partial charge in [-0.2, -0.15) is 0 Å². The summed E-state index contributed by atoms with van der Waals surface area (Å²) < 4.78 is 22.1. The highest BCUT2D eigenvalue weighted by atomic mass is 19.1. The lowest BCUT2D eigenvalue weighted by Crippen LogP contribution is -2.44. The predicted octanol–water partition coefficient (Wildman–Crippen LogP) is 2.56. The molecule has 1 atom stereocenters. The second-order valence-corrected chi connectivity index (χ2v) is 6.85. The lowest BCUT2D eigenvalue weighted by molar-refractivity contribution is -0.139. The standard InChI is InChI=1S/C21H22FN3O3/c1-2-24-17-5-3-4-6-18(17)25(21(24)27)14-20(26)23-11-12-28-19(13-23)15-7-9-16(22)10-8-15/h3-10,19H,2,11-14H2,1H3. The fourth-order valence-corrected chi connectivity index (χ4v) is 3.72. The molecule has 1 unspecified atom stereocenters. The van der Waals surface area contributed by atoms with Crippen LogP contribution in [0.4, 0.5) is 4.39 Å². The summed E-state index contributed by atoms with van der Waals surface area (Å²) >= 11 is 0. The van der Waals surface area contributed by atoms with Gasteiger partial charge in [-0.25, -0.2) is 9.18 Å². The van der Waals surface area contributed by atoms with Crippen LogP contribution in [0.15, 0.2) is 53.3 Å². The third kappa shape index (κ3) is 3.33. The number of carbonyl (C=O) groups excluding carboxylic acids is 1. The molecule has 1 saturated heterocycles. The summed E-state index contributed by atoms with van der Waals surface area (Å²) in [6.07, 6.45) is -0.299. The molecule has 28 heavy (non-hydrogen) atoms. The largest absolute Gasteiger partial charge is 0.370 e. The summed E-state index contributed by atoms with van der Waals surface area (Å²) in [5.74, 6) is -0.435. The lowest BCUT2D eigenvalue weighted by atomic mass is 10.1. The molecule has 0 spiro atoms. The van der Waals surface area contributed by atoms with Crippen LogP contribution in [0.25, 0.3) is 11.0 Å². The number of carbonyl (C=O) groups is 1. The van der Waals surface area contributed by atoms with Crippen LogP contribution in [0.3, 0.4) is 0 Å². The second kappa shape index (κ2) is 7.59. The maximum absolute atomic E-state index is 13.2. The van der Waals surface area contributed by atoms with E-state index in [1.165, 1.54) is 16.7 Å². The predicted molar refractivity (Wildman–Crippen MR) is 104 cm³/mol. The van der Waals surface area contributed by atoms with E-state index in [-0.39, 0.29) is 30.1 Å². The van der Waals surface area contributed by atoms with Crippen molar-refractivity contribution in [2.45, 2.75) is 26.1 Å². The van der Waals surface area contributed by atoms with E-state index < -0.39 is 0 Å². The SMILES string of the molecule is CCn1c(=O)n(CC(=O)N2CCOC(c3ccc(F)cc3)C2)c2ccccc21. The molecule has 146 valence electrons. The molecule has 2 aromatic carbocycles. The Balaban J connectivity index is 1.55. The van der Waals surface area contributed by atoms with Crippen molar-refractivity contribution < 1.29 is 13.9 Å². The molecule has 3 aromatic rings. The quantitative estimate of drug-likeness (QED) is 0.696. The van der Waals surface area contributed by atoms with Gasteiger partial charge in [-0.15, -0.1) is 0 Å². The van der Waals surface area contributed by atoms with Crippen LogP contribution < -0.4 is 5.69 Å². The van der Waals surface area contributed by atoms with E-state index in [4.69, 9.17) is 4.74 Å². The van der Waals surface area contributed by atoms with E-state index in [0.717, 1.165) is 16.6 Å². The van der Waals surface area contributed by atoms with E-state index in [0.29, 0.717) is 26.2 Å². The number of aromatic nitrogens is 2. The number of hydrogen-bond acceptors (Lipinski definition) is 3. The van der Waals surface area contributed by atoms with Gasteiger partial charge in [0.05, 0.1) is 24.2 Å². The van der Waals surface area contributed by atoms with Crippen LogP contribution in [0.1, 0.15) is 18.6 Å². The zero-order chi connectivity index (χ0) is 19.7. The molecule has 0 saturated carbocycles. The Morgan fingerprint density at radius 2 is 1.79 bits per heavy atom. The molecule has 1 aliphatic rings. The molecule has 6 nitrogen and oxygen atoms in total. The number of ether oxygens (including phenoxy) is 1.